The lowest BCUT2D eigenvalue weighted by atomic mass is 9.97. The van der Waals surface area contributed by atoms with Gasteiger partial charge in [0.05, 0.1) is 26.2 Å². The minimum atomic E-state index is -3.68. The third-order valence-corrected chi connectivity index (χ3v) is 9.05. The van der Waals surface area contributed by atoms with Gasteiger partial charge in [0, 0.05) is 47.9 Å². The average Bonchev–Trinajstić information content (AvgIpc) is 3.23. The molecule has 0 amide bonds. The molecule has 0 saturated carbocycles. The quantitative estimate of drug-likeness (QED) is 0.300. The van der Waals surface area contributed by atoms with Crippen molar-refractivity contribution in [2.75, 3.05) is 34.4 Å². The van der Waals surface area contributed by atoms with Crippen LogP contribution in [0.5, 0.6) is 17.2 Å². The second kappa shape index (κ2) is 10.6. The van der Waals surface area contributed by atoms with Crippen LogP contribution in [0, 0.1) is 6.92 Å². The molecule has 8 heteroatoms. The van der Waals surface area contributed by atoms with E-state index in [1.54, 1.807) is 19.2 Å². The highest BCUT2D eigenvalue weighted by molar-refractivity contribution is 7.89. The monoisotopic (exact) mass is 532 g/mol. The van der Waals surface area contributed by atoms with Gasteiger partial charge in [0.1, 0.15) is 5.75 Å². The van der Waals surface area contributed by atoms with Crippen LogP contribution < -0.4 is 14.2 Å². The molecule has 0 unspecified atom stereocenters. The standard InChI is InChI=1S/C30H32N2O5S/c1-21-30(26-10-5-6-11-27(26)32(21)20-22-8-7-9-24(18-22)35-2)23-14-16-31(17-15-23)38(33,34)25-12-13-28(36-3)29(19-25)37-4/h5-14,18-19H,15-17,20H2,1-4H3. The third kappa shape index (κ3) is 4.66. The Kier molecular flexibility index (Phi) is 7.19. The van der Waals surface area contributed by atoms with Crippen LogP contribution in [0.1, 0.15) is 23.2 Å². The van der Waals surface area contributed by atoms with E-state index in [0.29, 0.717) is 31.0 Å². The minimum absolute atomic E-state index is 0.193. The highest BCUT2D eigenvalue weighted by Gasteiger charge is 2.29. The highest BCUT2D eigenvalue weighted by Crippen LogP contribution is 2.37. The molecule has 0 atom stereocenters. The topological polar surface area (TPSA) is 70.0 Å². The van der Waals surface area contributed by atoms with Gasteiger partial charge in [0.2, 0.25) is 10.0 Å². The van der Waals surface area contributed by atoms with Crippen molar-refractivity contribution in [1.82, 2.24) is 8.87 Å². The number of ether oxygens (including phenoxy) is 3. The molecular weight excluding hydrogens is 500 g/mol. The van der Waals surface area contributed by atoms with Crippen LogP contribution in [0.3, 0.4) is 0 Å². The number of benzene rings is 3. The van der Waals surface area contributed by atoms with Crippen LogP contribution in [0.25, 0.3) is 16.5 Å². The summed E-state index contributed by atoms with van der Waals surface area (Å²) in [5.41, 5.74) is 5.83. The predicted molar refractivity (Wildman–Crippen MR) is 150 cm³/mol. The van der Waals surface area contributed by atoms with Crippen molar-refractivity contribution in [3.8, 4) is 17.2 Å². The van der Waals surface area contributed by atoms with Crippen molar-refractivity contribution in [2.45, 2.75) is 24.8 Å². The molecule has 2 heterocycles. The number of rotatable bonds is 8. The van der Waals surface area contributed by atoms with Crippen molar-refractivity contribution < 1.29 is 22.6 Å². The number of hydrogen-bond acceptors (Lipinski definition) is 5. The Balaban J connectivity index is 1.46. The normalized spacial score (nSPS) is 14.4. The van der Waals surface area contributed by atoms with Crippen LogP contribution in [0.2, 0.25) is 0 Å². The summed E-state index contributed by atoms with van der Waals surface area (Å²) in [7, 11) is 1.02. The third-order valence-electron chi connectivity index (χ3n) is 7.19. The smallest absolute Gasteiger partial charge is 0.243 e. The lowest BCUT2D eigenvalue weighted by Crippen LogP contribution is -2.34. The molecule has 38 heavy (non-hydrogen) atoms. The lowest BCUT2D eigenvalue weighted by Gasteiger charge is -2.26. The molecule has 1 aliphatic rings. The summed E-state index contributed by atoms with van der Waals surface area (Å²) < 4.78 is 46.7. The molecule has 0 fully saturated rings. The zero-order valence-corrected chi connectivity index (χ0v) is 22.9. The van der Waals surface area contributed by atoms with Crippen LogP contribution in [-0.4, -0.2) is 51.7 Å². The molecule has 0 radical (unpaired) electrons. The molecule has 0 saturated heterocycles. The van der Waals surface area contributed by atoms with Crippen molar-refractivity contribution in [2.24, 2.45) is 0 Å². The maximum atomic E-state index is 13.4. The predicted octanol–water partition coefficient (Wildman–Crippen LogP) is 5.50. The summed E-state index contributed by atoms with van der Waals surface area (Å²) >= 11 is 0. The first-order valence-electron chi connectivity index (χ1n) is 12.5. The van der Waals surface area contributed by atoms with E-state index in [9.17, 15) is 8.42 Å². The van der Waals surface area contributed by atoms with E-state index in [1.807, 2.05) is 18.2 Å². The molecular formula is C30H32N2O5S. The molecule has 0 bridgehead atoms. The number of para-hydroxylation sites is 1. The number of hydrogen-bond donors (Lipinski definition) is 0. The second-order valence-electron chi connectivity index (χ2n) is 9.27. The fourth-order valence-electron chi connectivity index (χ4n) is 5.22. The Bertz CT molecular complexity index is 1620. The number of sulfonamides is 1. The van der Waals surface area contributed by atoms with Crippen LogP contribution in [-0.2, 0) is 16.6 Å². The van der Waals surface area contributed by atoms with Gasteiger partial charge in [-0.3, -0.25) is 0 Å². The summed E-state index contributed by atoms with van der Waals surface area (Å²) in [6.45, 7) is 3.57. The van der Waals surface area contributed by atoms with E-state index in [-0.39, 0.29) is 4.90 Å². The molecule has 3 aromatic carbocycles. The Morgan fingerprint density at radius 3 is 2.37 bits per heavy atom. The van der Waals surface area contributed by atoms with E-state index in [0.717, 1.165) is 29.1 Å². The molecule has 4 aromatic rings. The maximum Gasteiger partial charge on any atom is 0.243 e. The summed E-state index contributed by atoms with van der Waals surface area (Å²) in [6.07, 6.45) is 2.67. The van der Waals surface area contributed by atoms with Crippen molar-refractivity contribution in [3.05, 3.63) is 89.6 Å². The van der Waals surface area contributed by atoms with Crippen molar-refractivity contribution in [1.29, 1.82) is 0 Å². The van der Waals surface area contributed by atoms with Gasteiger partial charge in [-0.1, -0.05) is 36.4 Å². The zero-order chi connectivity index (χ0) is 26.9. The first kappa shape index (κ1) is 25.9. The van der Waals surface area contributed by atoms with Gasteiger partial charge in [-0.2, -0.15) is 4.31 Å². The maximum absolute atomic E-state index is 13.4. The van der Waals surface area contributed by atoms with Crippen molar-refractivity contribution in [3.63, 3.8) is 0 Å². The van der Waals surface area contributed by atoms with E-state index in [1.165, 1.54) is 41.1 Å². The van der Waals surface area contributed by atoms with E-state index in [2.05, 4.69) is 47.9 Å². The van der Waals surface area contributed by atoms with Gasteiger partial charge in [-0.25, -0.2) is 8.42 Å². The highest BCUT2D eigenvalue weighted by atomic mass is 32.2. The van der Waals surface area contributed by atoms with Gasteiger partial charge < -0.3 is 18.8 Å². The first-order chi connectivity index (χ1) is 18.4. The van der Waals surface area contributed by atoms with Crippen LogP contribution in [0.15, 0.2) is 77.7 Å². The molecule has 7 nitrogen and oxygen atoms in total. The number of fused-ring (bicyclic) bond motifs is 1. The van der Waals surface area contributed by atoms with Gasteiger partial charge in [0.25, 0.3) is 0 Å². The number of nitrogens with zero attached hydrogens (tertiary/aromatic N) is 2. The van der Waals surface area contributed by atoms with Crippen LogP contribution in [0.4, 0.5) is 0 Å². The molecule has 1 aromatic heterocycles. The SMILES string of the molecule is COc1cccc(Cn2c(C)c(C3=CCN(S(=O)(=O)c4ccc(OC)c(OC)c4)CC3)c3ccccc32)c1. The molecule has 0 aliphatic carbocycles. The van der Waals surface area contributed by atoms with E-state index >= 15 is 0 Å². The summed E-state index contributed by atoms with van der Waals surface area (Å²) in [4.78, 5) is 0.193. The van der Waals surface area contributed by atoms with E-state index < -0.39 is 10.0 Å². The van der Waals surface area contributed by atoms with Gasteiger partial charge in [0.15, 0.2) is 11.5 Å². The van der Waals surface area contributed by atoms with Gasteiger partial charge >= 0.3 is 0 Å². The molecule has 198 valence electrons. The molecule has 1 aliphatic heterocycles. The minimum Gasteiger partial charge on any atom is -0.497 e. The summed E-state index contributed by atoms with van der Waals surface area (Å²) in [5.74, 6) is 1.72. The summed E-state index contributed by atoms with van der Waals surface area (Å²) in [5, 5.41) is 1.18. The van der Waals surface area contributed by atoms with E-state index in [4.69, 9.17) is 14.2 Å². The Labute approximate surface area is 223 Å². The Morgan fingerprint density at radius 2 is 1.66 bits per heavy atom. The lowest BCUT2D eigenvalue weighted by molar-refractivity contribution is 0.353. The van der Waals surface area contributed by atoms with Crippen LogP contribution >= 0.6 is 0 Å². The molecule has 0 N–H and O–H groups in total. The fourth-order valence-corrected chi connectivity index (χ4v) is 6.61. The summed E-state index contributed by atoms with van der Waals surface area (Å²) in [6, 6.07) is 21.2. The first-order valence-corrected chi connectivity index (χ1v) is 13.9. The molecule has 5 rings (SSSR count). The fraction of sp³-hybridized carbons (Fsp3) is 0.267. The molecule has 0 spiro atoms. The second-order valence-corrected chi connectivity index (χ2v) is 11.2. The van der Waals surface area contributed by atoms with Gasteiger partial charge in [-0.15, -0.1) is 0 Å². The van der Waals surface area contributed by atoms with Gasteiger partial charge in [-0.05, 0) is 54.8 Å². The largest absolute Gasteiger partial charge is 0.497 e. The Morgan fingerprint density at radius 1 is 0.868 bits per heavy atom. The Hall–Kier alpha value is -3.75. The number of methoxy groups -OCH3 is 3. The average molecular weight is 533 g/mol. The van der Waals surface area contributed by atoms with Crippen molar-refractivity contribution >= 4 is 26.5 Å². The zero-order valence-electron chi connectivity index (χ0n) is 22.1. The number of aromatic nitrogens is 1.